The van der Waals surface area contributed by atoms with Crippen molar-refractivity contribution in [1.82, 2.24) is 10.2 Å². The molecule has 1 aromatic heterocycles. The van der Waals surface area contributed by atoms with E-state index in [-0.39, 0.29) is 35.8 Å². The molecule has 0 spiro atoms. The topological polar surface area (TPSA) is 135 Å². The number of benzene rings is 1. The van der Waals surface area contributed by atoms with Crippen molar-refractivity contribution < 1.29 is 33.1 Å². The monoisotopic (exact) mass is 413 g/mol. The van der Waals surface area contributed by atoms with Crippen molar-refractivity contribution in [3.8, 4) is 0 Å². The second-order valence-electron chi connectivity index (χ2n) is 6.48. The molecule has 1 aromatic carbocycles. The molecule has 0 bridgehead atoms. The molecule has 0 saturated heterocycles. The van der Waals surface area contributed by atoms with Crippen LogP contribution in [0, 0.1) is 0 Å². The fourth-order valence-corrected chi connectivity index (χ4v) is 2.78. The van der Waals surface area contributed by atoms with Crippen molar-refractivity contribution in [1.29, 1.82) is 0 Å². The Morgan fingerprint density at radius 2 is 1.87 bits per heavy atom. The second-order valence-corrected chi connectivity index (χ2v) is 6.48. The number of rotatable bonds is 8. The van der Waals surface area contributed by atoms with Crippen LogP contribution in [-0.4, -0.2) is 54.7 Å². The number of hydrogen-bond acceptors (Lipinski definition) is 7. The number of nitrogens with zero attached hydrogens (tertiary/aromatic N) is 1. The van der Waals surface area contributed by atoms with E-state index in [4.69, 9.17) is 9.15 Å². The van der Waals surface area contributed by atoms with Gasteiger partial charge in [0.2, 0.25) is 0 Å². The molecular weight excluding hydrogens is 394 g/mol. The first-order valence-electron chi connectivity index (χ1n) is 9.10. The van der Waals surface area contributed by atoms with Gasteiger partial charge in [-0.05, 0) is 36.8 Å². The largest absolute Gasteiger partial charge is 0.459 e. The molecule has 10 heteroatoms. The number of amides is 4. The number of furan rings is 1. The molecule has 1 aliphatic heterocycles. The van der Waals surface area contributed by atoms with Crippen molar-refractivity contribution in [2.75, 3.05) is 25.5 Å². The number of imide groups is 1. The maximum Gasteiger partial charge on any atom is 0.306 e. The highest BCUT2D eigenvalue weighted by Crippen LogP contribution is 2.24. The minimum absolute atomic E-state index is 0.0213. The highest BCUT2D eigenvalue weighted by atomic mass is 16.5. The molecule has 2 heterocycles. The normalized spacial score (nSPS) is 12.5. The van der Waals surface area contributed by atoms with Crippen LogP contribution in [0.4, 0.5) is 5.69 Å². The fraction of sp³-hybridized carbons (Fsp3) is 0.250. The van der Waals surface area contributed by atoms with Crippen LogP contribution in [0.2, 0.25) is 0 Å². The Kier molecular flexibility index (Phi) is 6.26. The van der Waals surface area contributed by atoms with Gasteiger partial charge in [-0.25, -0.2) is 0 Å². The van der Waals surface area contributed by atoms with Gasteiger partial charge in [-0.3, -0.25) is 28.9 Å². The van der Waals surface area contributed by atoms with Gasteiger partial charge < -0.3 is 19.8 Å². The lowest BCUT2D eigenvalue weighted by Crippen LogP contribution is -2.25. The number of ether oxygens (including phenoxy) is 1. The van der Waals surface area contributed by atoms with Crippen molar-refractivity contribution in [2.45, 2.75) is 12.8 Å². The van der Waals surface area contributed by atoms with Gasteiger partial charge in [-0.2, -0.15) is 0 Å². The first kappa shape index (κ1) is 20.8. The summed E-state index contributed by atoms with van der Waals surface area (Å²) in [6.07, 6.45) is 1.74. The van der Waals surface area contributed by atoms with Crippen molar-refractivity contribution >= 4 is 35.3 Å². The van der Waals surface area contributed by atoms with E-state index in [2.05, 4.69) is 10.6 Å². The number of fused-ring (bicyclic) bond motifs is 1. The van der Waals surface area contributed by atoms with E-state index < -0.39 is 30.3 Å². The van der Waals surface area contributed by atoms with Gasteiger partial charge in [0.05, 0.1) is 17.4 Å². The lowest BCUT2D eigenvalue weighted by atomic mass is 10.1. The minimum Gasteiger partial charge on any atom is -0.459 e. The standard InChI is InChI=1S/C20H19N3O7/c1-23-19(27)13-7-6-12(10-14(13)20(23)28)22-16(24)11-30-17(25)5-2-8-21-18(26)15-4-3-9-29-15/h3-4,6-7,9-10H,2,5,8,11H2,1H3,(H,21,26)(H,22,24). The molecule has 156 valence electrons. The molecule has 4 amide bonds. The molecule has 1 aliphatic rings. The Balaban J connectivity index is 1.38. The third kappa shape index (κ3) is 4.72. The fourth-order valence-electron chi connectivity index (χ4n) is 2.78. The number of carbonyl (C=O) groups excluding carboxylic acids is 5. The van der Waals surface area contributed by atoms with Gasteiger partial charge in [0.1, 0.15) is 0 Å². The third-order valence-electron chi connectivity index (χ3n) is 4.33. The quantitative estimate of drug-likeness (QED) is 0.377. The summed E-state index contributed by atoms with van der Waals surface area (Å²) in [5.74, 6) is -2.22. The molecule has 0 saturated carbocycles. The summed E-state index contributed by atoms with van der Waals surface area (Å²) in [5, 5.41) is 5.10. The van der Waals surface area contributed by atoms with E-state index in [1.807, 2.05) is 0 Å². The van der Waals surface area contributed by atoms with Crippen LogP contribution in [0.5, 0.6) is 0 Å². The summed E-state index contributed by atoms with van der Waals surface area (Å²) in [6.45, 7) is -0.251. The van der Waals surface area contributed by atoms with Crippen LogP contribution < -0.4 is 10.6 Å². The molecule has 3 rings (SSSR count). The number of hydrogen-bond donors (Lipinski definition) is 2. The molecule has 0 atom stereocenters. The average Bonchev–Trinajstić information content (AvgIpc) is 3.34. The van der Waals surface area contributed by atoms with E-state index in [0.29, 0.717) is 12.1 Å². The van der Waals surface area contributed by atoms with E-state index in [0.717, 1.165) is 4.90 Å². The van der Waals surface area contributed by atoms with E-state index in [1.165, 1.54) is 37.6 Å². The van der Waals surface area contributed by atoms with E-state index in [9.17, 15) is 24.0 Å². The number of anilines is 1. The minimum atomic E-state index is -0.589. The van der Waals surface area contributed by atoms with Crippen LogP contribution >= 0.6 is 0 Å². The van der Waals surface area contributed by atoms with Gasteiger partial charge in [0, 0.05) is 25.7 Å². The zero-order chi connectivity index (χ0) is 21.7. The maximum absolute atomic E-state index is 12.0. The van der Waals surface area contributed by atoms with Crippen molar-refractivity contribution in [3.63, 3.8) is 0 Å². The maximum atomic E-state index is 12.0. The molecule has 10 nitrogen and oxygen atoms in total. The van der Waals surface area contributed by atoms with E-state index >= 15 is 0 Å². The first-order valence-corrected chi connectivity index (χ1v) is 9.10. The Morgan fingerprint density at radius 3 is 2.60 bits per heavy atom. The lowest BCUT2D eigenvalue weighted by molar-refractivity contribution is -0.147. The SMILES string of the molecule is CN1C(=O)c2ccc(NC(=O)COC(=O)CCCNC(=O)c3ccco3)cc2C1=O. The Labute approximate surface area is 171 Å². The molecule has 0 fully saturated rings. The zero-order valence-corrected chi connectivity index (χ0v) is 16.1. The van der Waals surface area contributed by atoms with Gasteiger partial charge in [-0.15, -0.1) is 0 Å². The molecule has 0 radical (unpaired) electrons. The second kappa shape index (κ2) is 9.03. The number of esters is 1. The first-order chi connectivity index (χ1) is 14.4. The van der Waals surface area contributed by atoms with Gasteiger partial charge in [-0.1, -0.05) is 0 Å². The molecule has 30 heavy (non-hydrogen) atoms. The van der Waals surface area contributed by atoms with Crippen LogP contribution in [0.3, 0.4) is 0 Å². The van der Waals surface area contributed by atoms with Crippen molar-refractivity contribution in [2.24, 2.45) is 0 Å². The molecule has 0 aliphatic carbocycles. The summed E-state index contributed by atoms with van der Waals surface area (Å²) in [4.78, 5) is 60.2. The molecule has 2 aromatic rings. The van der Waals surface area contributed by atoms with Crippen LogP contribution in [0.15, 0.2) is 41.0 Å². The summed E-state index contributed by atoms with van der Waals surface area (Å²) < 4.78 is 9.83. The highest BCUT2D eigenvalue weighted by Gasteiger charge is 2.32. The van der Waals surface area contributed by atoms with Gasteiger partial charge in [0.15, 0.2) is 12.4 Å². The molecule has 0 unspecified atom stereocenters. The van der Waals surface area contributed by atoms with Crippen LogP contribution in [-0.2, 0) is 14.3 Å². The summed E-state index contributed by atoms with van der Waals surface area (Å²) in [7, 11) is 1.38. The van der Waals surface area contributed by atoms with Crippen molar-refractivity contribution in [3.05, 3.63) is 53.5 Å². The third-order valence-corrected chi connectivity index (χ3v) is 4.33. The average molecular weight is 413 g/mol. The predicted octanol–water partition coefficient (Wildman–Crippen LogP) is 1.20. The van der Waals surface area contributed by atoms with Crippen LogP contribution in [0.1, 0.15) is 44.1 Å². The zero-order valence-electron chi connectivity index (χ0n) is 16.1. The summed E-state index contributed by atoms with van der Waals surface area (Å²) in [5.41, 5.74) is 0.784. The number of carbonyl (C=O) groups is 5. The molecular formula is C20H19N3O7. The number of nitrogens with one attached hydrogen (secondary N) is 2. The highest BCUT2D eigenvalue weighted by molar-refractivity contribution is 6.21. The Hall–Kier alpha value is -3.95. The molecule has 2 N–H and O–H groups in total. The summed E-state index contributed by atoms with van der Waals surface area (Å²) in [6, 6.07) is 7.47. The Bertz CT molecular complexity index is 998. The van der Waals surface area contributed by atoms with Gasteiger partial charge in [0.25, 0.3) is 23.6 Å². The smallest absolute Gasteiger partial charge is 0.306 e. The Morgan fingerprint density at radius 1 is 1.10 bits per heavy atom. The summed E-state index contributed by atoms with van der Waals surface area (Å²) >= 11 is 0. The van der Waals surface area contributed by atoms with E-state index in [1.54, 1.807) is 6.07 Å². The lowest BCUT2D eigenvalue weighted by Gasteiger charge is -2.08. The van der Waals surface area contributed by atoms with Gasteiger partial charge >= 0.3 is 5.97 Å². The predicted molar refractivity (Wildman–Crippen MR) is 103 cm³/mol. The van der Waals surface area contributed by atoms with Crippen LogP contribution in [0.25, 0.3) is 0 Å².